The summed E-state index contributed by atoms with van der Waals surface area (Å²) in [6, 6.07) is 7.12. The largest absolute Gasteiger partial charge is 0.480 e. The van der Waals surface area contributed by atoms with E-state index in [1.807, 2.05) is 18.2 Å². The van der Waals surface area contributed by atoms with Crippen molar-refractivity contribution in [1.29, 1.82) is 0 Å². The number of carboxylic acids is 1. The third-order valence-electron chi connectivity index (χ3n) is 5.84. The molecule has 12 nitrogen and oxygen atoms in total. The molecule has 0 aliphatic carbocycles. The number of rotatable bonds is 7. The van der Waals surface area contributed by atoms with Gasteiger partial charge in [-0.1, -0.05) is 30.3 Å². The van der Waals surface area contributed by atoms with Crippen molar-refractivity contribution in [2.45, 2.75) is 70.4 Å². The minimum absolute atomic E-state index is 0.0169. The number of hydrogen-bond donors (Lipinski definition) is 3. The highest BCUT2D eigenvalue weighted by atomic mass is 16.6. The van der Waals surface area contributed by atoms with Crippen LogP contribution in [0.25, 0.3) is 0 Å². The molecule has 0 radical (unpaired) electrons. The van der Waals surface area contributed by atoms with Gasteiger partial charge in [0.1, 0.15) is 24.3 Å². The summed E-state index contributed by atoms with van der Waals surface area (Å²) in [4.78, 5) is 51.5. The van der Waals surface area contributed by atoms with E-state index in [2.05, 4.69) is 10.7 Å². The third-order valence-corrected chi connectivity index (χ3v) is 5.84. The Bertz CT molecular complexity index is 952. The van der Waals surface area contributed by atoms with Crippen LogP contribution in [0.2, 0.25) is 0 Å². The van der Waals surface area contributed by atoms with Gasteiger partial charge in [-0.2, -0.15) is 0 Å². The Morgan fingerprint density at radius 2 is 1.92 bits per heavy atom. The number of carboxylic acid groups (broad SMARTS) is 1. The van der Waals surface area contributed by atoms with E-state index in [1.54, 1.807) is 32.9 Å². The quantitative estimate of drug-likeness (QED) is 0.490. The highest BCUT2D eigenvalue weighted by Crippen LogP contribution is 2.18. The van der Waals surface area contributed by atoms with Crippen LogP contribution >= 0.6 is 0 Å². The molecule has 0 bridgehead atoms. The van der Waals surface area contributed by atoms with E-state index >= 15 is 0 Å². The Morgan fingerprint density at radius 3 is 2.59 bits per heavy atom. The SMILES string of the molecule is CC(C)(C)OC(=O)N1CCO[C@@H](C[C@H](NC(=O)OCc2ccccc2)C(=O)N2CCC[C@@H](C(=O)O)N2)C1. The number of amides is 3. The van der Waals surface area contributed by atoms with E-state index in [1.165, 1.54) is 9.91 Å². The number of alkyl carbamates (subject to hydrolysis) is 1. The lowest BCUT2D eigenvalue weighted by atomic mass is 10.1. The number of morpholine rings is 1. The second-order valence-electron chi connectivity index (χ2n) is 10.1. The van der Waals surface area contributed by atoms with Gasteiger partial charge in [-0.25, -0.2) is 15.0 Å². The Morgan fingerprint density at radius 1 is 1.19 bits per heavy atom. The molecule has 2 fully saturated rings. The Kier molecular flexibility index (Phi) is 9.70. The molecular weight excluding hydrogens is 484 g/mol. The maximum atomic E-state index is 13.4. The first-order valence-electron chi connectivity index (χ1n) is 12.4. The van der Waals surface area contributed by atoms with Crippen molar-refractivity contribution >= 4 is 24.1 Å². The predicted molar refractivity (Wildman–Crippen MR) is 131 cm³/mol. The van der Waals surface area contributed by atoms with Crippen molar-refractivity contribution in [2.24, 2.45) is 0 Å². The molecule has 0 unspecified atom stereocenters. The fourth-order valence-corrected chi connectivity index (χ4v) is 4.06. The van der Waals surface area contributed by atoms with Crippen molar-refractivity contribution in [1.82, 2.24) is 20.7 Å². The van der Waals surface area contributed by atoms with Crippen LogP contribution in [0.5, 0.6) is 0 Å². The van der Waals surface area contributed by atoms with Crippen LogP contribution in [0.1, 0.15) is 45.6 Å². The molecule has 0 saturated carbocycles. The second kappa shape index (κ2) is 12.7. The molecule has 3 amide bonds. The van der Waals surface area contributed by atoms with E-state index in [9.17, 15) is 24.3 Å². The zero-order valence-electron chi connectivity index (χ0n) is 21.5. The molecule has 1 aromatic carbocycles. The average molecular weight is 521 g/mol. The van der Waals surface area contributed by atoms with Crippen molar-refractivity contribution in [2.75, 3.05) is 26.2 Å². The van der Waals surface area contributed by atoms with Crippen LogP contribution in [0, 0.1) is 0 Å². The Hall–Kier alpha value is -3.38. The van der Waals surface area contributed by atoms with Gasteiger partial charge in [0, 0.05) is 19.5 Å². The monoisotopic (exact) mass is 520 g/mol. The molecule has 2 aliphatic heterocycles. The van der Waals surface area contributed by atoms with Crippen LogP contribution in [-0.4, -0.2) is 89.1 Å². The molecule has 0 spiro atoms. The zero-order chi connectivity index (χ0) is 27.0. The molecule has 204 valence electrons. The summed E-state index contributed by atoms with van der Waals surface area (Å²) < 4.78 is 16.5. The number of hydrazine groups is 1. The van der Waals surface area contributed by atoms with Crippen molar-refractivity contribution < 1.29 is 38.5 Å². The molecule has 3 rings (SSSR count). The lowest BCUT2D eigenvalue weighted by molar-refractivity contribution is -0.148. The predicted octanol–water partition coefficient (Wildman–Crippen LogP) is 1.89. The molecule has 3 atom stereocenters. The number of hydrogen-bond acceptors (Lipinski definition) is 8. The first-order chi connectivity index (χ1) is 17.5. The first-order valence-corrected chi connectivity index (χ1v) is 12.4. The second-order valence-corrected chi connectivity index (χ2v) is 10.1. The van der Waals surface area contributed by atoms with E-state index in [0.717, 1.165) is 5.56 Å². The lowest BCUT2D eigenvalue weighted by Crippen LogP contribution is -2.60. The standard InChI is InChI=1S/C25H36N4O8/c1-25(2,3)37-24(34)28-12-13-35-18(15-28)14-20(21(30)29-11-7-10-19(27-29)22(31)32)26-23(33)36-16-17-8-5-4-6-9-17/h4-6,8-9,18-20,27H,7,10-16H2,1-3H3,(H,26,33)(H,31,32)/t18-,19-,20-/m0/s1. The van der Waals surface area contributed by atoms with Crippen molar-refractivity contribution in [3.63, 3.8) is 0 Å². The fourth-order valence-electron chi connectivity index (χ4n) is 4.06. The molecule has 0 aromatic heterocycles. The van der Waals surface area contributed by atoms with Crippen LogP contribution in [0.15, 0.2) is 30.3 Å². The summed E-state index contributed by atoms with van der Waals surface area (Å²) in [5, 5.41) is 13.2. The molecule has 2 saturated heterocycles. The van der Waals surface area contributed by atoms with E-state index < -0.39 is 47.9 Å². The van der Waals surface area contributed by atoms with Gasteiger partial charge in [-0.15, -0.1) is 0 Å². The van der Waals surface area contributed by atoms with E-state index in [0.29, 0.717) is 19.4 Å². The smallest absolute Gasteiger partial charge is 0.410 e. The highest BCUT2D eigenvalue weighted by molar-refractivity contribution is 5.86. The maximum Gasteiger partial charge on any atom is 0.410 e. The van der Waals surface area contributed by atoms with Crippen molar-refractivity contribution in [3.05, 3.63) is 35.9 Å². The van der Waals surface area contributed by atoms with Gasteiger partial charge in [-0.05, 0) is 39.2 Å². The highest BCUT2D eigenvalue weighted by Gasteiger charge is 2.36. The number of ether oxygens (including phenoxy) is 3. The molecule has 2 heterocycles. The van der Waals surface area contributed by atoms with Crippen LogP contribution < -0.4 is 10.7 Å². The molecule has 2 aliphatic rings. The van der Waals surface area contributed by atoms with Gasteiger partial charge in [0.2, 0.25) is 0 Å². The minimum atomic E-state index is -1.08. The number of carbonyl (C=O) groups excluding carboxylic acids is 3. The number of nitrogens with one attached hydrogen (secondary N) is 2. The van der Waals surface area contributed by atoms with Gasteiger partial charge >= 0.3 is 18.2 Å². The summed E-state index contributed by atoms with van der Waals surface area (Å²) >= 11 is 0. The topological polar surface area (TPSA) is 147 Å². The number of carbonyl (C=O) groups is 4. The molecule has 1 aromatic rings. The van der Waals surface area contributed by atoms with Crippen LogP contribution in [0.3, 0.4) is 0 Å². The number of aliphatic carboxylic acids is 1. The first kappa shape index (κ1) is 28.2. The Balaban J connectivity index is 1.67. The van der Waals surface area contributed by atoms with Crippen LogP contribution in [-0.2, 0) is 30.4 Å². The van der Waals surface area contributed by atoms with Gasteiger partial charge in [0.05, 0.1) is 19.3 Å². The van der Waals surface area contributed by atoms with Crippen molar-refractivity contribution in [3.8, 4) is 0 Å². The summed E-state index contributed by atoms with van der Waals surface area (Å²) in [5.41, 5.74) is 2.85. The van der Waals surface area contributed by atoms with Gasteiger partial charge < -0.3 is 29.5 Å². The number of benzene rings is 1. The zero-order valence-corrected chi connectivity index (χ0v) is 21.5. The van der Waals surface area contributed by atoms with Gasteiger partial charge in [0.25, 0.3) is 5.91 Å². The summed E-state index contributed by atoms with van der Waals surface area (Å²) in [7, 11) is 0. The van der Waals surface area contributed by atoms with Crippen LogP contribution in [0.4, 0.5) is 9.59 Å². The summed E-state index contributed by atoms with van der Waals surface area (Å²) in [6.45, 7) is 6.38. The maximum absolute atomic E-state index is 13.4. The average Bonchev–Trinajstić information content (AvgIpc) is 2.86. The van der Waals surface area contributed by atoms with Gasteiger partial charge in [0.15, 0.2) is 0 Å². The third kappa shape index (κ3) is 8.90. The molecule has 12 heteroatoms. The Labute approximate surface area is 216 Å². The normalized spacial score (nSPS) is 21.1. The van der Waals surface area contributed by atoms with E-state index in [4.69, 9.17) is 14.2 Å². The fraction of sp³-hybridized carbons (Fsp3) is 0.600. The van der Waals surface area contributed by atoms with E-state index in [-0.39, 0.29) is 32.7 Å². The summed E-state index contributed by atoms with van der Waals surface area (Å²) in [5.74, 6) is -1.58. The van der Waals surface area contributed by atoms with Gasteiger partial charge in [-0.3, -0.25) is 14.6 Å². The lowest BCUT2D eigenvalue weighted by Gasteiger charge is -2.37. The molecular formula is C25H36N4O8. The molecule has 37 heavy (non-hydrogen) atoms. The number of nitrogens with zero attached hydrogens (tertiary/aromatic N) is 2. The minimum Gasteiger partial charge on any atom is -0.480 e. The summed E-state index contributed by atoms with van der Waals surface area (Å²) in [6.07, 6.45) is -0.923. The molecule has 3 N–H and O–H groups in total.